The molecule has 1 heterocycles. The lowest BCUT2D eigenvalue weighted by Gasteiger charge is -1.94. The van der Waals surface area contributed by atoms with E-state index in [9.17, 15) is 9.59 Å². The van der Waals surface area contributed by atoms with Crippen LogP contribution in [0.25, 0.3) is 0 Å². The molecule has 0 aliphatic heterocycles. The van der Waals surface area contributed by atoms with Gasteiger partial charge >= 0.3 is 11.9 Å². The molecule has 1 fully saturated rings. The maximum Gasteiger partial charge on any atom is 0.306 e. The van der Waals surface area contributed by atoms with E-state index in [4.69, 9.17) is 10.2 Å². The topological polar surface area (TPSA) is 87.5 Å². The van der Waals surface area contributed by atoms with Crippen LogP contribution in [0.4, 0.5) is 0 Å². The van der Waals surface area contributed by atoms with Crippen molar-refractivity contribution >= 4 is 11.9 Å². The van der Waals surface area contributed by atoms with Crippen molar-refractivity contribution in [2.75, 3.05) is 0 Å². The number of carbonyl (C=O) groups is 2. The first kappa shape index (κ1) is 13.2. The average Bonchev–Trinajstić information content (AvgIpc) is 3.12. The number of hydrogen-bond acceptors (Lipinski definition) is 3. The number of carboxylic acids is 2. The summed E-state index contributed by atoms with van der Waals surface area (Å²) in [7, 11) is 0. The zero-order valence-electron chi connectivity index (χ0n) is 9.37. The van der Waals surface area contributed by atoms with Gasteiger partial charge in [-0.15, -0.1) is 0 Å². The second-order valence-electron chi connectivity index (χ2n) is 3.87. The monoisotopic (exact) mass is 237 g/mol. The van der Waals surface area contributed by atoms with E-state index in [0.29, 0.717) is 6.42 Å². The summed E-state index contributed by atoms with van der Waals surface area (Å²) >= 11 is 0. The molecule has 1 saturated carbocycles. The van der Waals surface area contributed by atoms with Gasteiger partial charge < -0.3 is 10.2 Å². The van der Waals surface area contributed by atoms with Gasteiger partial charge in [-0.25, -0.2) is 0 Å². The Hall–Kier alpha value is -1.91. The van der Waals surface area contributed by atoms with Crippen molar-refractivity contribution in [3.8, 4) is 0 Å². The van der Waals surface area contributed by atoms with Crippen LogP contribution in [0.1, 0.15) is 24.8 Å². The Bertz CT molecular complexity index is 373. The Morgan fingerprint density at radius 2 is 2.06 bits per heavy atom. The van der Waals surface area contributed by atoms with E-state index in [-0.39, 0.29) is 12.3 Å². The van der Waals surface area contributed by atoms with E-state index < -0.39 is 11.9 Å². The number of aliphatic carboxylic acids is 2. The van der Waals surface area contributed by atoms with E-state index in [1.165, 1.54) is 0 Å². The summed E-state index contributed by atoms with van der Waals surface area (Å²) in [4.78, 5) is 23.8. The van der Waals surface area contributed by atoms with Crippen LogP contribution in [0.3, 0.4) is 0 Å². The Morgan fingerprint density at radius 3 is 2.41 bits per heavy atom. The molecule has 92 valence electrons. The lowest BCUT2D eigenvalue weighted by Crippen LogP contribution is -1.97. The standard InChI is InChI=1S/C8H9NO2.C4H6O2/c10-8(11)4-3-7-2-1-5-9-6-7;5-4(6)3-1-2-3/h1-2,5-6H,3-4H2,(H,10,11);3H,1-2H2,(H,5,6). The molecule has 17 heavy (non-hydrogen) atoms. The fourth-order valence-electron chi connectivity index (χ4n) is 1.13. The Balaban J connectivity index is 0.000000202. The molecule has 2 N–H and O–H groups in total. The molecule has 0 bridgehead atoms. The molecule has 0 radical (unpaired) electrons. The number of pyridine rings is 1. The summed E-state index contributed by atoms with van der Waals surface area (Å²) in [5.74, 6) is -1.38. The molecule has 0 atom stereocenters. The van der Waals surface area contributed by atoms with Gasteiger partial charge in [0.25, 0.3) is 0 Å². The number of rotatable bonds is 4. The third-order valence-electron chi connectivity index (χ3n) is 2.28. The molecule has 0 amide bonds. The molecule has 1 aromatic heterocycles. The highest BCUT2D eigenvalue weighted by Crippen LogP contribution is 2.28. The third-order valence-corrected chi connectivity index (χ3v) is 2.28. The first-order valence-corrected chi connectivity index (χ1v) is 5.43. The van der Waals surface area contributed by atoms with Gasteiger partial charge in [0.2, 0.25) is 0 Å². The molecular weight excluding hydrogens is 222 g/mol. The van der Waals surface area contributed by atoms with E-state index in [1.807, 2.05) is 6.07 Å². The van der Waals surface area contributed by atoms with Gasteiger partial charge in [-0.3, -0.25) is 14.6 Å². The SMILES string of the molecule is O=C(O)C1CC1.O=C(O)CCc1cccnc1. The van der Waals surface area contributed by atoms with Crippen molar-refractivity contribution < 1.29 is 19.8 Å². The first-order valence-electron chi connectivity index (χ1n) is 5.43. The lowest BCUT2D eigenvalue weighted by atomic mass is 10.2. The second-order valence-corrected chi connectivity index (χ2v) is 3.87. The minimum atomic E-state index is -0.770. The molecule has 0 spiro atoms. The van der Waals surface area contributed by atoms with E-state index in [1.54, 1.807) is 18.5 Å². The molecule has 0 unspecified atom stereocenters. The van der Waals surface area contributed by atoms with Crippen LogP contribution in [-0.2, 0) is 16.0 Å². The van der Waals surface area contributed by atoms with Crippen LogP contribution in [0, 0.1) is 5.92 Å². The summed E-state index contributed by atoms with van der Waals surface area (Å²) in [5, 5.41) is 16.4. The van der Waals surface area contributed by atoms with Crippen molar-refractivity contribution in [3.05, 3.63) is 30.1 Å². The van der Waals surface area contributed by atoms with Crippen LogP contribution < -0.4 is 0 Å². The van der Waals surface area contributed by atoms with Crippen LogP contribution in [0.15, 0.2) is 24.5 Å². The number of nitrogens with zero attached hydrogens (tertiary/aromatic N) is 1. The molecule has 0 saturated heterocycles. The normalized spacial score (nSPS) is 13.4. The van der Waals surface area contributed by atoms with Crippen LogP contribution in [-0.4, -0.2) is 27.1 Å². The third kappa shape index (κ3) is 6.29. The Morgan fingerprint density at radius 1 is 1.35 bits per heavy atom. The van der Waals surface area contributed by atoms with Crippen molar-refractivity contribution in [3.63, 3.8) is 0 Å². The predicted octanol–water partition coefficient (Wildman–Crippen LogP) is 1.58. The van der Waals surface area contributed by atoms with Gasteiger partial charge in [0.15, 0.2) is 0 Å². The van der Waals surface area contributed by atoms with Crippen LogP contribution >= 0.6 is 0 Å². The molecule has 1 aliphatic carbocycles. The smallest absolute Gasteiger partial charge is 0.306 e. The fourth-order valence-corrected chi connectivity index (χ4v) is 1.13. The van der Waals surface area contributed by atoms with E-state index >= 15 is 0 Å². The molecule has 1 aromatic rings. The summed E-state index contributed by atoms with van der Waals surface area (Å²) in [5.41, 5.74) is 0.968. The highest BCUT2D eigenvalue weighted by atomic mass is 16.4. The molecular formula is C12H15NO4. The highest BCUT2D eigenvalue weighted by molar-refractivity contribution is 5.72. The Labute approximate surface area is 99.1 Å². The van der Waals surface area contributed by atoms with Crippen molar-refractivity contribution in [2.45, 2.75) is 25.7 Å². The molecule has 0 aromatic carbocycles. The van der Waals surface area contributed by atoms with Crippen LogP contribution in [0.5, 0.6) is 0 Å². The Kier molecular flexibility index (Phi) is 5.13. The van der Waals surface area contributed by atoms with Crippen molar-refractivity contribution in [2.24, 2.45) is 5.92 Å². The minimum Gasteiger partial charge on any atom is -0.481 e. The van der Waals surface area contributed by atoms with E-state index in [2.05, 4.69) is 4.98 Å². The number of aryl methyl sites for hydroxylation is 1. The predicted molar refractivity (Wildman–Crippen MR) is 60.6 cm³/mol. The summed E-state index contributed by atoms with van der Waals surface area (Å²) in [6, 6.07) is 3.67. The van der Waals surface area contributed by atoms with E-state index in [0.717, 1.165) is 18.4 Å². The molecule has 1 aliphatic rings. The number of aromatic nitrogens is 1. The summed E-state index contributed by atoms with van der Waals surface area (Å²) < 4.78 is 0. The zero-order chi connectivity index (χ0) is 12.7. The highest BCUT2D eigenvalue weighted by Gasteiger charge is 2.28. The number of hydrogen-bond donors (Lipinski definition) is 2. The molecule has 5 nitrogen and oxygen atoms in total. The summed E-state index contributed by atoms with van der Waals surface area (Å²) in [6.45, 7) is 0. The van der Waals surface area contributed by atoms with Gasteiger partial charge in [0.1, 0.15) is 0 Å². The van der Waals surface area contributed by atoms with Gasteiger partial charge in [-0.2, -0.15) is 0 Å². The largest absolute Gasteiger partial charge is 0.481 e. The summed E-state index contributed by atoms with van der Waals surface area (Å²) in [6.07, 6.45) is 5.88. The quantitative estimate of drug-likeness (QED) is 0.830. The first-order chi connectivity index (χ1) is 8.09. The number of carboxylic acid groups (broad SMARTS) is 2. The average molecular weight is 237 g/mol. The zero-order valence-corrected chi connectivity index (χ0v) is 9.37. The maximum atomic E-state index is 10.2. The van der Waals surface area contributed by atoms with Crippen LogP contribution in [0.2, 0.25) is 0 Å². The lowest BCUT2D eigenvalue weighted by molar-refractivity contribution is -0.138. The van der Waals surface area contributed by atoms with Crippen molar-refractivity contribution in [1.82, 2.24) is 4.98 Å². The van der Waals surface area contributed by atoms with Gasteiger partial charge in [-0.1, -0.05) is 6.07 Å². The minimum absolute atomic E-state index is 0.0185. The van der Waals surface area contributed by atoms with Gasteiger partial charge in [0.05, 0.1) is 5.92 Å². The maximum absolute atomic E-state index is 10.2. The molecule has 5 heteroatoms. The second kappa shape index (κ2) is 6.62. The fraction of sp³-hybridized carbons (Fsp3) is 0.417. The van der Waals surface area contributed by atoms with Gasteiger partial charge in [-0.05, 0) is 30.9 Å². The molecule has 2 rings (SSSR count). The van der Waals surface area contributed by atoms with Crippen molar-refractivity contribution in [1.29, 1.82) is 0 Å². The van der Waals surface area contributed by atoms with Gasteiger partial charge in [0, 0.05) is 18.8 Å².